The first-order valence-corrected chi connectivity index (χ1v) is 5.50. The van der Waals surface area contributed by atoms with E-state index in [2.05, 4.69) is 12.2 Å². The lowest BCUT2D eigenvalue weighted by molar-refractivity contribution is -0.136. The maximum Gasteiger partial charge on any atom is 0.225 e. The van der Waals surface area contributed by atoms with Crippen LogP contribution in [0, 0.1) is 11.8 Å². The zero-order valence-electron chi connectivity index (χ0n) is 9.71. The highest BCUT2D eigenvalue weighted by Crippen LogP contribution is 2.17. The Labute approximate surface area is 86.9 Å². The van der Waals surface area contributed by atoms with E-state index in [0.29, 0.717) is 12.0 Å². The Morgan fingerprint density at radius 2 is 2.07 bits per heavy atom. The van der Waals surface area contributed by atoms with Crippen molar-refractivity contribution in [3.8, 4) is 0 Å². The van der Waals surface area contributed by atoms with Crippen LogP contribution in [0.1, 0.15) is 27.2 Å². The minimum Gasteiger partial charge on any atom is -0.341 e. The van der Waals surface area contributed by atoms with Crippen molar-refractivity contribution in [3.63, 3.8) is 0 Å². The van der Waals surface area contributed by atoms with Gasteiger partial charge in [0.05, 0.1) is 0 Å². The Bertz CT molecular complexity index is 203. The lowest BCUT2D eigenvalue weighted by Gasteiger charge is -2.37. The number of hydrogen-bond donors (Lipinski definition) is 1. The first kappa shape index (κ1) is 11.5. The third-order valence-electron chi connectivity index (χ3n) is 2.87. The highest BCUT2D eigenvalue weighted by atomic mass is 16.2. The number of nitrogens with one attached hydrogen (secondary N) is 1. The fraction of sp³-hybridized carbons (Fsp3) is 0.909. The fourth-order valence-electron chi connectivity index (χ4n) is 2.11. The summed E-state index contributed by atoms with van der Waals surface area (Å²) < 4.78 is 0. The summed E-state index contributed by atoms with van der Waals surface area (Å²) in [6.07, 6.45) is 1.18. The first-order chi connectivity index (χ1) is 6.54. The van der Waals surface area contributed by atoms with E-state index in [0.717, 1.165) is 13.1 Å². The molecule has 1 saturated heterocycles. The fourth-order valence-corrected chi connectivity index (χ4v) is 2.11. The molecule has 1 N–H and O–H groups in total. The number of carbonyl (C=O) groups is 1. The lowest BCUT2D eigenvalue weighted by atomic mass is 9.95. The molecule has 1 aliphatic heterocycles. The Hall–Kier alpha value is -0.570. The van der Waals surface area contributed by atoms with E-state index in [4.69, 9.17) is 0 Å². The first-order valence-electron chi connectivity index (χ1n) is 5.50. The second-order valence-electron chi connectivity index (χ2n) is 4.72. The molecule has 0 saturated carbocycles. The summed E-state index contributed by atoms with van der Waals surface area (Å²) in [6, 6.07) is 0.474. The van der Waals surface area contributed by atoms with Crippen molar-refractivity contribution >= 4 is 5.91 Å². The van der Waals surface area contributed by atoms with Crippen LogP contribution in [-0.2, 0) is 4.79 Å². The topological polar surface area (TPSA) is 32.3 Å². The maximum atomic E-state index is 11.8. The van der Waals surface area contributed by atoms with Crippen LogP contribution in [0.4, 0.5) is 0 Å². The summed E-state index contributed by atoms with van der Waals surface area (Å²) in [5.41, 5.74) is 0. The molecular weight excluding hydrogens is 176 g/mol. The Kier molecular flexibility index (Phi) is 3.93. The van der Waals surface area contributed by atoms with Gasteiger partial charge in [0.1, 0.15) is 0 Å². The molecule has 0 bridgehead atoms. The van der Waals surface area contributed by atoms with E-state index in [1.165, 1.54) is 6.42 Å². The minimum absolute atomic E-state index is 0.123. The molecule has 1 aliphatic rings. The SMILES string of the molecule is CNC1CC(C)CN(C(=O)C(C)C)C1. The molecular formula is C11H22N2O. The van der Waals surface area contributed by atoms with Gasteiger partial charge in [-0.1, -0.05) is 20.8 Å². The van der Waals surface area contributed by atoms with Crippen molar-refractivity contribution in [1.29, 1.82) is 0 Å². The molecule has 3 heteroatoms. The van der Waals surface area contributed by atoms with Crippen molar-refractivity contribution < 1.29 is 4.79 Å². The predicted octanol–water partition coefficient (Wildman–Crippen LogP) is 1.10. The number of amides is 1. The standard InChI is InChI=1S/C11H22N2O/c1-8(2)11(14)13-6-9(3)5-10(7-13)12-4/h8-10,12H,5-7H2,1-4H3. The second-order valence-corrected chi connectivity index (χ2v) is 4.72. The average Bonchev–Trinajstić information content (AvgIpc) is 2.15. The van der Waals surface area contributed by atoms with E-state index in [9.17, 15) is 4.79 Å². The number of hydrogen-bond acceptors (Lipinski definition) is 2. The summed E-state index contributed by atoms with van der Waals surface area (Å²) in [6.45, 7) is 7.95. The number of rotatable bonds is 2. The highest BCUT2D eigenvalue weighted by molar-refractivity contribution is 5.78. The van der Waals surface area contributed by atoms with Crippen LogP contribution in [0.5, 0.6) is 0 Å². The molecule has 0 radical (unpaired) electrons. The summed E-state index contributed by atoms with van der Waals surface area (Å²) in [5, 5.41) is 3.26. The molecule has 0 aromatic heterocycles. The van der Waals surface area contributed by atoms with E-state index in [1.54, 1.807) is 0 Å². The zero-order valence-corrected chi connectivity index (χ0v) is 9.71. The van der Waals surface area contributed by atoms with Gasteiger partial charge in [0, 0.05) is 25.0 Å². The van der Waals surface area contributed by atoms with E-state index >= 15 is 0 Å². The van der Waals surface area contributed by atoms with Gasteiger partial charge in [-0.05, 0) is 19.4 Å². The van der Waals surface area contributed by atoms with Crippen molar-refractivity contribution in [3.05, 3.63) is 0 Å². The van der Waals surface area contributed by atoms with Crippen molar-refractivity contribution in [2.24, 2.45) is 11.8 Å². The van der Waals surface area contributed by atoms with E-state index < -0.39 is 0 Å². The van der Waals surface area contributed by atoms with E-state index in [-0.39, 0.29) is 11.8 Å². The van der Waals surface area contributed by atoms with Crippen molar-refractivity contribution in [2.45, 2.75) is 33.2 Å². The van der Waals surface area contributed by atoms with E-state index in [1.807, 2.05) is 25.8 Å². The van der Waals surface area contributed by atoms with Crippen LogP contribution in [0.15, 0.2) is 0 Å². The van der Waals surface area contributed by atoms with Gasteiger partial charge in [0.2, 0.25) is 5.91 Å². The molecule has 2 unspecified atom stereocenters. The monoisotopic (exact) mass is 198 g/mol. The van der Waals surface area contributed by atoms with Crippen molar-refractivity contribution in [2.75, 3.05) is 20.1 Å². The summed E-state index contributed by atoms with van der Waals surface area (Å²) in [5.74, 6) is 1.03. The molecule has 1 heterocycles. The number of nitrogens with zero attached hydrogens (tertiary/aromatic N) is 1. The van der Waals surface area contributed by atoms with Crippen LogP contribution < -0.4 is 5.32 Å². The highest BCUT2D eigenvalue weighted by Gasteiger charge is 2.27. The summed E-state index contributed by atoms with van der Waals surface area (Å²) in [4.78, 5) is 13.8. The summed E-state index contributed by atoms with van der Waals surface area (Å²) >= 11 is 0. The molecule has 2 atom stereocenters. The largest absolute Gasteiger partial charge is 0.341 e. The van der Waals surface area contributed by atoms with Gasteiger partial charge >= 0.3 is 0 Å². The van der Waals surface area contributed by atoms with Gasteiger partial charge in [0.25, 0.3) is 0 Å². The molecule has 3 nitrogen and oxygen atoms in total. The summed E-state index contributed by atoms with van der Waals surface area (Å²) in [7, 11) is 1.97. The smallest absolute Gasteiger partial charge is 0.225 e. The van der Waals surface area contributed by atoms with Crippen LogP contribution in [0.2, 0.25) is 0 Å². The second kappa shape index (κ2) is 4.78. The lowest BCUT2D eigenvalue weighted by Crippen LogP contribution is -2.50. The molecule has 1 fully saturated rings. The van der Waals surface area contributed by atoms with Crippen LogP contribution in [0.25, 0.3) is 0 Å². The molecule has 1 rings (SSSR count). The Balaban J connectivity index is 2.57. The number of piperidine rings is 1. The third kappa shape index (κ3) is 2.71. The maximum absolute atomic E-state index is 11.8. The number of likely N-dealkylation sites (N-methyl/N-ethyl adjacent to an activating group) is 1. The van der Waals surface area contributed by atoms with Gasteiger partial charge in [0.15, 0.2) is 0 Å². The van der Waals surface area contributed by atoms with Gasteiger partial charge in [-0.25, -0.2) is 0 Å². The van der Waals surface area contributed by atoms with Crippen LogP contribution >= 0.6 is 0 Å². The van der Waals surface area contributed by atoms with Crippen LogP contribution in [-0.4, -0.2) is 37.0 Å². The third-order valence-corrected chi connectivity index (χ3v) is 2.87. The Morgan fingerprint density at radius 3 is 2.57 bits per heavy atom. The van der Waals surface area contributed by atoms with Gasteiger partial charge in [-0.15, -0.1) is 0 Å². The number of likely N-dealkylation sites (tertiary alicyclic amines) is 1. The zero-order chi connectivity index (χ0) is 10.7. The minimum atomic E-state index is 0.123. The molecule has 0 aromatic carbocycles. The molecule has 0 aromatic rings. The van der Waals surface area contributed by atoms with Gasteiger partial charge in [-0.3, -0.25) is 4.79 Å². The normalized spacial score (nSPS) is 28.2. The quantitative estimate of drug-likeness (QED) is 0.720. The van der Waals surface area contributed by atoms with Crippen LogP contribution in [0.3, 0.4) is 0 Å². The molecule has 0 aliphatic carbocycles. The van der Waals surface area contributed by atoms with Gasteiger partial charge < -0.3 is 10.2 Å². The predicted molar refractivity (Wildman–Crippen MR) is 58.0 cm³/mol. The van der Waals surface area contributed by atoms with Gasteiger partial charge in [-0.2, -0.15) is 0 Å². The number of carbonyl (C=O) groups excluding carboxylic acids is 1. The molecule has 14 heavy (non-hydrogen) atoms. The Morgan fingerprint density at radius 1 is 1.43 bits per heavy atom. The van der Waals surface area contributed by atoms with Crippen molar-refractivity contribution in [1.82, 2.24) is 10.2 Å². The molecule has 0 spiro atoms. The molecule has 82 valence electrons. The molecule has 1 amide bonds. The average molecular weight is 198 g/mol.